The van der Waals surface area contributed by atoms with Crippen molar-refractivity contribution in [2.24, 2.45) is 0 Å². The molecule has 1 aromatic carbocycles. The van der Waals surface area contributed by atoms with Crippen LogP contribution in [-0.2, 0) is 13.6 Å². The molecule has 8 nitrogen and oxygen atoms in total. The van der Waals surface area contributed by atoms with E-state index < -0.39 is 18.3 Å². The zero-order chi connectivity index (χ0) is 18.3. The molecule has 0 bridgehead atoms. The summed E-state index contributed by atoms with van der Waals surface area (Å²) in [5, 5.41) is 14.4. The Labute approximate surface area is 145 Å². The Balaban J connectivity index is 2.56. The van der Waals surface area contributed by atoms with Crippen LogP contribution in [0, 0.1) is 10.1 Å². The first-order valence-corrected chi connectivity index (χ1v) is 9.42. The van der Waals surface area contributed by atoms with Crippen molar-refractivity contribution in [3.8, 4) is 0 Å². The molecular weight excluding hydrogens is 345 g/mol. The molecule has 1 aromatic heterocycles. The molecule has 0 aliphatic carbocycles. The lowest BCUT2D eigenvalue weighted by atomic mass is 10.2. The molecule has 25 heavy (non-hydrogen) atoms. The fourth-order valence-corrected chi connectivity index (χ4v) is 4.29. The highest BCUT2D eigenvalue weighted by atomic mass is 31.2. The van der Waals surface area contributed by atoms with Crippen molar-refractivity contribution in [2.45, 2.75) is 19.6 Å². The number of nitrogens with zero attached hydrogens (tertiary/aromatic N) is 2. The third-order valence-corrected chi connectivity index (χ3v) is 5.59. The lowest BCUT2D eigenvalue weighted by Gasteiger charge is -2.27. The van der Waals surface area contributed by atoms with E-state index >= 15 is 0 Å². The van der Waals surface area contributed by atoms with Crippen LogP contribution in [-0.4, -0.2) is 23.1 Å². The van der Waals surface area contributed by atoms with Crippen LogP contribution in [0.3, 0.4) is 0 Å². The van der Waals surface area contributed by atoms with Gasteiger partial charge >= 0.3 is 7.60 Å². The van der Waals surface area contributed by atoms with Crippen molar-refractivity contribution >= 4 is 19.1 Å². The molecule has 1 heterocycles. The molecule has 2 rings (SSSR count). The summed E-state index contributed by atoms with van der Waals surface area (Å²) >= 11 is 0. The molecule has 1 unspecified atom stereocenters. The first kappa shape index (κ1) is 19.1. The van der Waals surface area contributed by atoms with Crippen molar-refractivity contribution in [2.75, 3.05) is 18.5 Å². The molecule has 0 saturated carbocycles. The molecule has 9 heteroatoms. The lowest BCUT2D eigenvalue weighted by Crippen LogP contribution is -2.17. The van der Waals surface area contributed by atoms with Gasteiger partial charge in [0, 0.05) is 12.3 Å². The van der Waals surface area contributed by atoms with E-state index in [1.54, 1.807) is 50.4 Å². The molecule has 0 amide bonds. The smallest absolute Gasteiger partial charge is 0.352 e. The average Bonchev–Trinajstić information content (AvgIpc) is 2.61. The average molecular weight is 365 g/mol. The second-order valence-electron chi connectivity index (χ2n) is 4.95. The number of para-hydroxylation sites is 1. The van der Waals surface area contributed by atoms with E-state index in [1.807, 2.05) is 0 Å². The second kappa shape index (κ2) is 8.71. The summed E-state index contributed by atoms with van der Waals surface area (Å²) in [6.45, 7) is 3.64. The monoisotopic (exact) mass is 365 g/mol. The molecule has 1 atom stereocenters. The zero-order valence-corrected chi connectivity index (χ0v) is 14.9. The molecule has 0 fully saturated rings. The Morgan fingerprint density at radius 3 is 2.36 bits per heavy atom. The van der Waals surface area contributed by atoms with Crippen molar-refractivity contribution < 1.29 is 18.5 Å². The van der Waals surface area contributed by atoms with Gasteiger partial charge in [-0.1, -0.05) is 18.2 Å². The Morgan fingerprint density at radius 1 is 1.16 bits per heavy atom. The fraction of sp³-hybridized carbons (Fsp3) is 0.312. The molecule has 134 valence electrons. The summed E-state index contributed by atoms with van der Waals surface area (Å²) in [5.41, 5.74) is 0.0407. The standard InChI is InChI=1S/C16H20N3O5P/c1-3-23-25(22,24-4-2)16(18-15-11-7-8-12-17-15)13-9-5-6-10-14(13)19(20)21/h5-12,16H,3-4H2,1-2H3,(H,17,18). The van der Waals surface area contributed by atoms with Gasteiger partial charge in [0.2, 0.25) is 0 Å². The first-order valence-electron chi connectivity index (χ1n) is 7.81. The number of benzene rings is 1. The summed E-state index contributed by atoms with van der Waals surface area (Å²) in [6, 6.07) is 11.2. The van der Waals surface area contributed by atoms with Crippen LogP contribution in [0.25, 0.3) is 0 Å². The van der Waals surface area contributed by atoms with E-state index in [2.05, 4.69) is 10.3 Å². The fourth-order valence-electron chi connectivity index (χ4n) is 2.35. The number of nitrogens with one attached hydrogen (secondary N) is 1. The van der Waals surface area contributed by atoms with E-state index in [0.29, 0.717) is 5.82 Å². The van der Waals surface area contributed by atoms with Gasteiger partial charge in [-0.2, -0.15) is 0 Å². The van der Waals surface area contributed by atoms with Crippen LogP contribution in [0.2, 0.25) is 0 Å². The number of nitro groups is 1. The summed E-state index contributed by atoms with van der Waals surface area (Å²) in [6.07, 6.45) is 1.56. The third kappa shape index (κ3) is 4.63. The van der Waals surface area contributed by atoms with Gasteiger partial charge < -0.3 is 14.4 Å². The largest absolute Gasteiger partial charge is 0.357 e. The highest BCUT2D eigenvalue weighted by Gasteiger charge is 2.40. The number of anilines is 1. The minimum atomic E-state index is -3.74. The maximum atomic E-state index is 13.3. The number of hydrogen-bond donors (Lipinski definition) is 1. The number of rotatable bonds is 9. The quantitative estimate of drug-likeness (QED) is 0.400. The predicted octanol–water partition coefficient (Wildman–Crippen LogP) is 4.37. The van der Waals surface area contributed by atoms with Gasteiger partial charge in [0.1, 0.15) is 5.82 Å². The maximum Gasteiger partial charge on any atom is 0.357 e. The Morgan fingerprint density at radius 2 is 1.80 bits per heavy atom. The van der Waals surface area contributed by atoms with Crippen molar-refractivity contribution in [3.05, 3.63) is 64.3 Å². The number of nitro benzene ring substituents is 1. The van der Waals surface area contributed by atoms with E-state index in [9.17, 15) is 14.7 Å². The Hall–Kier alpha value is -2.28. The van der Waals surface area contributed by atoms with Crippen molar-refractivity contribution in [1.29, 1.82) is 0 Å². The van der Waals surface area contributed by atoms with Crippen LogP contribution in [0.5, 0.6) is 0 Å². The molecule has 0 spiro atoms. The SMILES string of the molecule is CCOP(=O)(OCC)C(Nc1ccccn1)c1ccccc1[N+](=O)[O-]. The van der Waals surface area contributed by atoms with Crippen LogP contribution in [0.1, 0.15) is 25.2 Å². The molecule has 1 N–H and O–H groups in total. The second-order valence-corrected chi connectivity index (χ2v) is 7.07. The Kier molecular flexibility index (Phi) is 6.64. The molecule has 0 aliphatic heterocycles. The van der Waals surface area contributed by atoms with Gasteiger partial charge in [0.05, 0.1) is 23.7 Å². The summed E-state index contributed by atoms with van der Waals surface area (Å²) in [7, 11) is -3.74. The summed E-state index contributed by atoms with van der Waals surface area (Å²) in [4.78, 5) is 15.0. The normalized spacial score (nSPS) is 12.6. The van der Waals surface area contributed by atoms with Gasteiger partial charge in [0.25, 0.3) is 5.69 Å². The third-order valence-electron chi connectivity index (χ3n) is 3.31. The van der Waals surface area contributed by atoms with Crippen LogP contribution in [0.15, 0.2) is 48.7 Å². The van der Waals surface area contributed by atoms with Gasteiger partial charge in [-0.05, 0) is 32.0 Å². The van der Waals surface area contributed by atoms with Crippen LogP contribution >= 0.6 is 7.60 Å². The van der Waals surface area contributed by atoms with Gasteiger partial charge in [0.15, 0.2) is 5.78 Å². The maximum absolute atomic E-state index is 13.3. The van der Waals surface area contributed by atoms with Crippen LogP contribution < -0.4 is 5.32 Å². The highest BCUT2D eigenvalue weighted by Crippen LogP contribution is 2.61. The van der Waals surface area contributed by atoms with Crippen LogP contribution in [0.4, 0.5) is 11.5 Å². The van der Waals surface area contributed by atoms with Gasteiger partial charge in [-0.3, -0.25) is 14.7 Å². The molecule has 0 saturated heterocycles. The van der Waals surface area contributed by atoms with Crippen molar-refractivity contribution in [1.82, 2.24) is 4.98 Å². The van der Waals surface area contributed by atoms with E-state index in [1.165, 1.54) is 12.1 Å². The molecule has 0 aliphatic rings. The molecule has 0 radical (unpaired) electrons. The number of hydrogen-bond acceptors (Lipinski definition) is 7. The summed E-state index contributed by atoms with van der Waals surface area (Å²) < 4.78 is 24.2. The molecular formula is C16H20N3O5P. The highest BCUT2D eigenvalue weighted by molar-refractivity contribution is 7.54. The number of aromatic nitrogens is 1. The van der Waals surface area contributed by atoms with E-state index in [-0.39, 0.29) is 24.5 Å². The van der Waals surface area contributed by atoms with Gasteiger partial charge in [-0.15, -0.1) is 0 Å². The molecule has 2 aromatic rings. The minimum Gasteiger partial charge on any atom is -0.352 e. The van der Waals surface area contributed by atoms with Crippen molar-refractivity contribution in [3.63, 3.8) is 0 Å². The van der Waals surface area contributed by atoms with Gasteiger partial charge in [-0.25, -0.2) is 4.98 Å². The van der Waals surface area contributed by atoms with E-state index in [4.69, 9.17) is 9.05 Å². The lowest BCUT2D eigenvalue weighted by molar-refractivity contribution is -0.385. The minimum absolute atomic E-state index is 0.137. The number of pyridine rings is 1. The zero-order valence-electron chi connectivity index (χ0n) is 14.0. The predicted molar refractivity (Wildman–Crippen MR) is 94.6 cm³/mol. The first-order chi connectivity index (χ1) is 12.0. The topological polar surface area (TPSA) is 104 Å². The summed E-state index contributed by atoms with van der Waals surface area (Å²) in [5.74, 6) is -0.658. The van der Waals surface area contributed by atoms with E-state index in [0.717, 1.165) is 0 Å². The Bertz CT molecular complexity index is 746.